The third-order valence-corrected chi connectivity index (χ3v) is 5.16. The Labute approximate surface area is 147 Å². The number of anilines is 1. The summed E-state index contributed by atoms with van der Waals surface area (Å²) in [6.07, 6.45) is 4.84. The van der Waals surface area contributed by atoms with Crippen molar-refractivity contribution in [2.75, 3.05) is 24.5 Å². The van der Waals surface area contributed by atoms with Gasteiger partial charge in [0.15, 0.2) is 0 Å². The van der Waals surface area contributed by atoms with Crippen molar-refractivity contribution < 1.29 is 9.90 Å². The summed E-state index contributed by atoms with van der Waals surface area (Å²) in [6.45, 7) is 1.88. The second-order valence-electron chi connectivity index (χ2n) is 6.72. The van der Waals surface area contributed by atoms with Gasteiger partial charge in [-0.25, -0.2) is 9.97 Å². The summed E-state index contributed by atoms with van der Waals surface area (Å²) in [5.74, 6) is 0.783. The molecule has 4 rings (SSSR count). The number of benzene rings is 1. The molecule has 2 unspecified atom stereocenters. The highest BCUT2D eigenvalue weighted by atomic mass is 16.3. The molecule has 0 aliphatic carbocycles. The highest BCUT2D eigenvalue weighted by Crippen LogP contribution is 2.26. The Morgan fingerprint density at radius 3 is 2.48 bits per heavy atom. The van der Waals surface area contributed by atoms with Gasteiger partial charge in [0.2, 0.25) is 5.91 Å². The van der Waals surface area contributed by atoms with E-state index in [1.807, 2.05) is 9.80 Å². The van der Waals surface area contributed by atoms with Crippen molar-refractivity contribution >= 4 is 11.7 Å². The fraction of sp³-hybridized carbons (Fsp3) is 0.421. The molecule has 2 aliphatic heterocycles. The molecule has 2 aliphatic rings. The number of rotatable bonds is 2. The molecule has 6 nitrogen and oxygen atoms in total. The van der Waals surface area contributed by atoms with Gasteiger partial charge < -0.3 is 14.9 Å². The largest absolute Gasteiger partial charge is 0.391 e. The number of fused-ring (bicyclic) bond motifs is 1. The minimum Gasteiger partial charge on any atom is -0.391 e. The molecule has 2 aromatic rings. The van der Waals surface area contributed by atoms with Gasteiger partial charge in [0, 0.05) is 32.3 Å². The Hall–Kier alpha value is -2.47. The van der Waals surface area contributed by atoms with E-state index in [0.29, 0.717) is 18.8 Å². The summed E-state index contributed by atoms with van der Waals surface area (Å²) in [7, 11) is 0. The van der Waals surface area contributed by atoms with E-state index in [0.717, 1.165) is 25.9 Å². The lowest BCUT2D eigenvalue weighted by Crippen LogP contribution is -2.47. The zero-order valence-corrected chi connectivity index (χ0v) is 14.1. The van der Waals surface area contributed by atoms with Crippen LogP contribution in [0.15, 0.2) is 42.9 Å². The first kappa shape index (κ1) is 16.0. The quantitative estimate of drug-likeness (QED) is 0.886. The fourth-order valence-corrected chi connectivity index (χ4v) is 3.85. The highest BCUT2D eigenvalue weighted by Gasteiger charge is 2.39. The molecule has 1 fully saturated rings. The van der Waals surface area contributed by atoms with Crippen LogP contribution in [0.25, 0.3) is 0 Å². The molecule has 2 atom stereocenters. The lowest BCUT2D eigenvalue weighted by atomic mass is 10.0. The maximum absolute atomic E-state index is 13.2. The molecule has 1 aromatic carbocycles. The Morgan fingerprint density at radius 2 is 1.84 bits per heavy atom. The van der Waals surface area contributed by atoms with Crippen molar-refractivity contribution in [2.24, 2.45) is 0 Å². The van der Waals surface area contributed by atoms with Crippen molar-refractivity contribution in [1.29, 1.82) is 0 Å². The zero-order chi connectivity index (χ0) is 17.2. The molecule has 0 spiro atoms. The van der Waals surface area contributed by atoms with Gasteiger partial charge in [0.05, 0.1) is 6.10 Å². The number of hydrogen-bond acceptors (Lipinski definition) is 5. The minimum absolute atomic E-state index is 0.0861. The van der Waals surface area contributed by atoms with Crippen LogP contribution in [0.5, 0.6) is 0 Å². The lowest BCUT2D eigenvalue weighted by Gasteiger charge is -2.29. The predicted octanol–water partition coefficient (Wildman–Crippen LogP) is 1.04. The van der Waals surface area contributed by atoms with Crippen LogP contribution in [0.1, 0.15) is 17.5 Å². The Bertz CT molecular complexity index is 725. The maximum Gasteiger partial charge on any atom is 0.245 e. The van der Waals surface area contributed by atoms with Gasteiger partial charge in [-0.2, -0.15) is 0 Å². The molecule has 25 heavy (non-hydrogen) atoms. The number of aliphatic hydroxyl groups excluding tert-OH is 1. The summed E-state index contributed by atoms with van der Waals surface area (Å²) < 4.78 is 0. The molecular formula is C19H22N4O2. The Kier molecular flexibility index (Phi) is 4.36. The van der Waals surface area contributed by atoms with Gasteiger partial charge in [-0.05, 0) is 30.0 Å². The first-order chi connectivity index (χ1) is 12.2. The van der Waals surface area contributed by atoms with E-state index in [1.54, 1.807) is 12.3 Å². The van der Waals surface area contributed by atoms with Crippen molar-refractivity contribution in [2.45, 2.75) is 31.4 Å². The van der Waals surface area contributed by atoms with E-state index >= 15 is 0 Å². The normalized spacial score (nSPS) is 23.2. The van der Waals surface area contributed by atoms with Crippen molar-refractivity contribution in [3.05, 3.63) is 54.0 Å². The average molecular weight is 338 g/mol. The van der Waals surface area contributed by atoms with Gasteiger partial charge in [0.25, 0.3) is 0 Å². The van der Waals surface area contributed by atoms with Crippen LogP contribution >= 0.6 is 0 Å². The minimum atomic E-state index is -0.506. The molecule has 1 N–H and O–H groups in total. The Balaban J connectivity index is 1.52. The van der Waals surface area contributed by atoms with Gasteiger partial charge >= 0.3 is 0 Å². The second kappa shape index (κ2) is 6.80. The van der Waals surface area contributed by atoms with Gasteiger partial charge in [-0.15, -0.1) is 0 Å². The molecule has 0 saturated carbocycles. The molecule has 0 bridgehead atoms. The van der Waals surface area contributed by atoms with E-state index in [2.05, 4.69) is 34.2 Å². The maximum atomic E-state index is 13.2. The van der Waals surface area contributed by atoms with Crippen molar-refractivity contribution in [3.63, 3.8) is 0 Å². The average Bonchev–Trinajstić information content (AvgIpc) is 2.91. The van der Waals surface area contributed by atoms with Gasteiger partial charge in [0.1, 0.15) is 18.2 Å². The van der Waals surface area contributed by atoms with Crippen LogP contribution in [0.4, 0.5) is 5.82 Å². The number of aliphatic hydroxyl groups is 1. The van der Waals surface area contributed by atoms with Gasteiger partial charge in [-0.1, -0.05) is 24.3 Å². The summed E-state index contributed by atoms with van der Waals surface area (Å²) in [5.41, 5.74) is 2.66. The fourth-order valence-electron chi connectivity index (χ4n) is 3.85. The molecular weight excluding hydrogens is 316 g/mol. The summed E-state index contributed by atoms with van der Waals surface area (Å²) in [6, 6.07) is 9.84. The van der Waals surface area contributed by atoms with E-state index in [-0.39, 0.29) is 11.9 Å². The second-order valence-corrected chi connectivity index (χ2v) is 6.72. The molecule has 1 saturated heterocycles. The number of carbonyl (C=O) groups is 1. The van der Waals surface area contributed by atoms with Crippen LogP contribution < -0.4 is 4.90 Å². The number of nitrogens with zero attached hydrogens (tertiary/aromatic N) is 4. The van der Waals surface area contributed by atoms with Crippen molar-refractivity contribution in [3.8, 4) is 0 Å². The molecule has 3 heterocycles. The van der Waals surface area contributed by atoms with Crippen LogP contribution in [-0.4, -0.2) is 57.7 Å². The Morgan fingerprint density at radius 1 is 1.12 bits per heavy atom. The number of carbonyl (C=O) groups excluding carboxylic acids is 1. The number of β-amino-alcohol motifs (C(OH)–C–C–N with tert-alkyl or cyclic N) is 1. The van der Waals surface area contributed by atoms with E-state index in [1.165, 1.54) is 17.5 Å². The number of hydrogen-bond donors (Lipinski definition) is 1. The van der Waals surface area contributed by atoms with Crippen LogP contribution in [0.3, 0.4) is 0 Å². The summed E-state index contributed by atoms with van der Waals surface area (Å²) in [5, 5.41) is 10.1. The standard InChI is InChI=1S/C19H22N4O2/c24-16-11-17(23(12-16)18-5-8-20-13-21-18)19(25)22-9-6-14-3-1-2-4-15(14)7-10-22/h1-5,8,13,16-17,24H,6-7,9-12H2. The lowest BCUT2D eigenvalue weighted by molar-refractivity contribution is -0.132. The molecule has 1 aromatic heterocycles. The summed E-state index contributed by atoms with van der Waals surface area (Å²) in [4.78, 5) is 25.2. The third-order valence-electron chi connectivity index (χ3n) is 5.16. The molecule has 130 valence electrons. The van der Waals surface area contributed by atoms with Crippen molar-refractivity contribution in [1.82, 2.24) is 14.9 Å². The molecule has 0 radical (unpaired) electrons. The smallest absolute Gasteiger partial charge is 0.245 e. The third kappa shape index (κ3) is 3.22. The first-order valence-electron chi connectivity index (χ1n) is 8.78. The molecule has 1 amide bonds. The van der Waals surface area contributed by atoms with E-state index < -0.39 is 6.10 Å². The van der Waals surface area contributed by atoms with E-state index in [9.17, 15) is 9.90 Å². The zero-order valence-electron chi connectivity index (χ0n) is 14.1. The van der Waals surface area contributed by atoms with Crippen LogP contribution in [0, 0.1) is 0 Å². The first-order valence-corrected chi connectivity index (χ1v) is 8.78. The topological polar surface area (TPSA) is 69.6 Å². The monoisotopic (exact) mass is 338 g/mol. The highest BCUT2D eigenvalue weighted by molar-refractivity contribution is 5.86. The summed E-state index contributed by atoms with van der Waals surface area (Å²) >= 11 is 0. The number of amides is 1. The van der Waals surface area contributed by atoms with Crippen LogP contribution in [0.2, 0.25) is 0 Å². The van der Waals surface area contributed by atoms with Gasteiger partial charge in [-0.3, -0.25) is 4.79 Å². The molecule has 6 heteroatoms. The van der Waals surface area contributed by atoms with Crippen LogP contribution in [-0.2, 0) is 17.6 Å². The number of aromatic nitrogens is 2. The predicted molar refractivity (Wildman–Crippen MR) is 94.2 cm³/mol. The SMILES string of the molecule is O=C(C1CC(O)CN1c1ccncn1)N1CCc2ccccc2CC1. The van der Waals surface area contributed by atoms with E-state index in [4.69, 9.17) is 0 Å².